The maximum absolute atomic E-state index is 11.1. The molecule has 0 unspecified atom stereocenters. The van der Waals surface area contributed by atoms with Crippen molar-refractivity contribution < 1.29 is 14.6 Å². The van der Waals surface area contributed by atoms with Gasteiger partial charge in [-0.15, -0.1) is 0 Å². The summed E-state index contributed by atoms with van der Waals surface area (Å²) in [6, 6.07) is 0. The molecule has 0 radical (unpaired) electrons. The summed E-state index contributed by atoms with van der Waals surface area (Å²) in [4.78, 5) is 17.9. The molecule has 0 bridgehead atoms. The number of carboxylic acids is 1. The lowest BCUT2D eigenvalue weighted by molar-refractivity contribution is 0.0410. The van der Waals surface area contributed by atoms with Crippen LogP contribution in [0, 0.1) is 12.8 Å². The van der Waals surface area contributed by atoms with Crippen LogP contribution in [-0.4, -0.2) is 42.4 Å². The van der Waals surface area contributed by atoms with Crippen molar-refractivity contribution in [1.29, 1.82) is 0 Å². The highest BCUT2D eigenvalue weighted by molar-refractivity contribution is 7.17. The summed E-state index contributed by atoms with van der Waals surface area (Å²) in [6.07, 6.45) is 2.39. The molecule has 0 aliphatic carbocycles. The fourth-order valence-corrected chi connectivity index (χ4v) is 3.53. The van der Waals surface area contributed by atoms with Gasteiger partial charge in [0.15, 0.2) is 5.13 Å². The van der Waals surface area contributed by atoms with E-state index in [0.717, 1.165) is 31.1 Å². The largest absolute Gasteiger partial charge is 0.477 e. The third kappa shape index (κ3) is 2.90. The van der Waals surface area contributed by atoms with E-state index in [2.05, 4.69) is 16.8 Å². The molecule has 1 N–H and O–H groups in total. The van der Waals surface area contributed by atoms with Crippen molar-refractivity contribution in [3.63, 3.8) is 0 Å². The van der Waals surface area contributed by atoms with Crippen molar-refractivity contribution >= 4 is 22.4 Å². The maximum atomic E-state index is 11.1. The van der Waals surface area contributed by atoms with E-state index < -0.39 is 5.97 Å². The summed E-state index contributed by atoms with van der Waals surface area (Å²) in [6.45, 7) is 5.64. The third-order valence-corrected chi connectivity index (χ3v) is 4.98. The van der Waals surface area contributed by atoms with Crippen LogP contribution in [0.1, 0.15) is 35.1 Å². The lowest BCUT2D eigenvalue weighted by Gasteiger charge is -2.37. The van der Waals surface area contributed by atoms with Gasteiger partial charge in [0, 0.05) is 20.2 Å². The Hall–Kier alpha value is -1.14. The van der Waals surface area contributed by atoms with Crippen LogP contribution in [0.15, 0.2) is 0 Å². The van der Waals surface area contributed by atoms with E-state index in [0.29, 0.717) is 16.5 Å². The van der Waals surface area contributed by atoms with Crippen molar-refractivity contribution in [2.75, 3.05) is 25.1 Å². The zero-order chi connectivity index (χ0) is 14.0. The summed E-state index contributed by atoms with van der Waals surface area (Å²) in [5.74, 6) is -0.311. The fourth-order valence-electron chi connectivity index (χ4n) is 2.59. The van der Waals surface area contributed by atoms with Gasteiger partial charge in [0.1, 0.15) is 4.88 Å². The Bertz CT molecular complexity index is 461. The monoisotopic (exact) mass is 284 g/mol. The molecule has 1 aliphatic rings. The quantitative estimate of drug-likeness (QED) is 0.920. The van der Waals surface area contributed by atoms with E-state index >= 15 is 0 Å². The molecule has 1 saturated heterocycles. The first-order valence-corrected chi connectivity index (χ1v) is 7.36. The smallest absolute Gasteiger partial charge is 0.347 e. The first kappa shape index (κ1) is 14.3. The van der Waals surface area contributed by atoms with Gasteiger partial charge in [-0.1, -0.05) is 24.7 Å². The highest BCUT2D eigenvalue weighted by atomic mass is 32.1. The molecule has 0 amide bonds. The number of aromatic carboxylic acids is 1. The highest BCUT2D eigenvalue weighted by Gasteiger charge is 2.30. The average molecular weight is 284 g/mol. The number of aryl methyl sites for hydroxylation is 1. The lowest BCUT2D eigenvalue weighted by atomic mass is 9.92. The number of hydrogen-bond acceptors (Lipinski definition) is 5. The Morgan fingerprint density at radius 2 is 2.37 bits per heavy atom. The number of anilines is 1. The molecule has 0 spiro atoms. The topological polar surface area (TPSA) is 62.7 Å². The van der Waals surface area contributed by atoms with E-state index in [1.54, 1.807) is 14.0 Å². The van der Waals surface area contributed by atoms with Crippen LogP contribution >= 0.6 is 11.3 Å². The van der Waals surface area contributed by atoms with Crippen molar-refractivity contribution in [1.82, 2.24) is 4.98 Å². The van der Waals surface area contributed by atoms with Gasteiger partial charge in [0.05, 0.1) is 11.8 Å². The zero-order valence-corrected chi connectivity index (χ0v) is 12.4. The standard InChI is InChI=1S/C13H20N2O3S/c1-4-9-5-6-15(7-10(9)18-3)13-14-8(2)11(19-13)12(16)17/h9-10H,4-7H2,1-3H3,(H,16,17)/t9-,10+/m1/s1. The number of nitrogens with zero attached hydrogens (tertiary/aromatic N) is 2. The predicted octanol–water partition coefficient (Wildman–Crippen LogP) is 2.40. The first-order chi connectivity index (χ1) is 9.06. The van der Waals surface area contributed by atoms with E-state index in [-0.39, 0.29) is 6.10 Å². The van der Waals surface area contributed by atoms with Crippen LogP contribution in [0.25, 0.3) is 0 Å². The number of rotatable bonds is 4. The highest BCUT2D eigenvalue weighted by Crippen LogP contribution is 2.31. The number of methoxy groups -OCH3 is 1. The molecule has 106 valence electrons. The molecule has 6 heteroatoms. The van der Waals surface area contributed by atoms with Crippen LogP contribution in [0.3, 0.4) is 0 Å². The van der Waals surface area contributed by atoms with Gasteiger partial charge in [-0.05, 0) is 19.3 Å². The Morgan fingerprint density at radius 1 is 1.63 bits per heavy atom. The maximum Gasteiger partial charge on any atom is 0.347 e. The zero-order valence-electron chi connectivity index (χ0n) is 11.5. The number of piperidine rings is 1. The minimum absolute atomic E-state index is 0.205. The summed E-state index contributed by atoms with van der Waals surface area (Å²) in [7, 11) is 1.74. The van der Waals surface area contributed by atoms with E-state index in [1.807, 2.05) is 0 Å². The molecule has 0 aromatic carbocycles. The second-order valence-electron chi connectivity index (χ2n) is 4.89. The molecule has 1 fully saturated rings. The Morgan fingerprint density at radius 3 is 2.89 bits per heavy atom. The van der Waals surface area contributed by atoms with Crippen LogP contribution in [0.5, 0.6) is 0 Å². The number of ether oxygens (including phenoxy) is 1. The van der Waals surface area contributed by atoms with Gasteiger partial charge in [-0.25, -0.2) is 9.78 Å². The molecule has 5 nitrogen and oxygen atoms in total. The van der Waals surface area contributed by atoms with Gasteiger partial charge >= 0.3 is 5.97 Å². The van der Waals surface area contributed by atoms with Crippen molar-refractivity contribution in [2.24, 2.45) is 5.92 Å². The molecule has 0 saturated carbocycles. The minimum Gasteiger partial charge on any atom is -0.477 e. The van der Waals surface area contributed by atoms with Crippen molar-refractivity contribution in [2.45, 2.75) is 32.8 Å². The van der Waals surface area contributed by atoms with Crippen molar-refractivity contribution in [3.8, 4) is 0 Å². The van der Waals surface area contributed by atoms with Crippen molar-refractivity contribution in [3.05, 3.63) is 10.6 Å². The number of aromatic nitrogens is 1. The van der Waals surface area contributed by atoms with Crippen LogP contribution in [0.4, 0.5) is 5.13 Å². The van der Waals surface area contributed by atoms with Crippen LogP contribution in [-0.2, 0) is 4.74 Å². The second kappa shape index (κ2) is 5.88. The van der Waals surface area contributed by atoms with Gasteiger partial charge < -0.3 is 14.7 Å². The van der Waals surface area contributed by atoms with Gasteiger partial charge in [-0.2, -0.15) is 0 Å². The van der Waals surface area contributed by atoms with Crippen LogP contribution in [0.2, 0.25) is 0 Å². The lowest BCUT2D eigenvalue weighted by Crippen LogP contribution is -2.44. The summed E-state index contributed by atoms with van der Waals surface area (Å²) < 4.78 is 5.55. The molecule has 1 aromatic rings. The van der Waals surface area contributed by atoms with E-state index in [4.69, 9.17) is 9.84 Å². The molecule has 1 aliphatic heterocycles. The molecular formula is C13H20N2O3S. The predicted molar refractivity (Wildman–Crippen MR) is 75.2 cm³/mol. The van der Waals surface area contributed by atoms with Crippen LogP contribution < -0.4 is 4.90 Å². The Labute approximate surface area is 117 Å². The first-order valence-electron chi connectivity index (χ1n) is 6.55. The number of hydrogen-bond donors (Lipinski definition) is 1. The SMILES string of the molecule is CC[C@@H]1CCN(c2nc(C)c(C(=O)O)s2)C[C@@H]1OC. The van der Waals surface area contributed by atoms with Gasteiger partial charge in [0.25, 0.3) is 0 Å². The Kier molecular flexibility index (Phi) is 4.42. The molecule has 2 rings (SSSR count). The Balaban J connectivity index is 2.15. The summed E-state index contributed by atoms with van der Waals surface area (Å²) >= 11 is 1.26. The van der Waals surface area contributed by atoms with E-state index in [9.17, 15) is 4.79 Å². The number of thiazole rings is 1. The fraction of sp³-hybridized carbons (Fsp3) is 0.692. The third-order valence-electron chi connectivity index (χ3n) is 3.77. The second-order valence-corrected chi connectivity index (χ2v) is 5.87. The normalized spacial score (nSPS) is 23.6. The number of carbonyl (C=O) groups is 1. The summed E-state index contributed by atoms with van der Waals surface area (Å²) in [5, 5.41) is 9.88. The van der Waals surface area contributed by atoms with Gasteiger partial charge in [-0.3, -0.25) is 0 Å². The summed E-state index contributed by atoms with van der Waals surface area (Å²) in [5.41, 5.74) is 0.596. The van der Waals surface area contributed by atoms with E-state index in [1.165, 1.54) is 11.3 Å². The molecule has 1 aromatic heterocycles. The molecule has 2 heterocycles. The minimum atomic E-state index is -0.895. The number of carboxylic acid groups (broad SMARTS) is 1. The molecule has 2 atom stereocenters. The van der Waals surface area contributed by atoms with Gasteiger partial charge in [0.2, 0.25) is 0 Å². The molecular weight excluding hydrogens is 264 g/mol. The average Bonchev–Trinajstić information content (AvgIpc) is 2.80. The molecule has 19 heavy (non-hydrogen) atoms.